The molecule has 1 atom stereocenters. The van der Waals surface area contributed by atoms with Crippen LogP contribution in [-0.4, -0.2) is 26.9 Å². The lowest BCUT2D eigenvalue weighted by Crippen LogP contribution is -2.11. The van der Waals surface area contributed by atoms with Crippen molar-refractivity contribution in [1.29, 1.82) is 5.26 Å². The van der Waals surface area contributed by atoms with E-state index in [1.54, 1.807) is 25.3 Å². The zero-order chi connectivity index (χ0) is 12.1. The van der Waals surface area contributed by atoms with Gasteiger partial charge in [0, 0.05) is 18.6 Å². The van der Waals surface area contributed by atoms with Crippen molar-refractivity contribution in [2.24, 2.45) is 5.92 Å². The number of methoxy groups -OCH3 is 1. The van der Waals surface area contributed by atoms with Crippen LogP contribution in [0.15, 0.2) is 18.2 Å². The van der Waals surface area contributed by atoms with Crippen molar-refractivity contribution < 1.29 is 14.2 Å². The smallest absolute Gasteiger partial charge is 0.124 e. The van der Waals surface area contributed by atoms with Crippen molar-refractivity contribution in [2.75, 3.05) is 26.9 Å². The molecule has 0 bridgehead atoms. The third-order valence-corrected chi connectivity index (χ3v) is 2.75. The highest BCUT2D eigenvalue weighted by Crippen LogP contribution is 2.23. The first kappa shape index (κ1) is 11.7. The summed E-state index contributed by atoms with van der Waals surface area (Å²) in [6.45, 7) is 2.20. The SMILES string of the molecule is COc1cc(C#N)cc(OCC2CCOC2)c1. The van der Waals surface area contributed by atoms with Crippen LogP contribution in [0.3, 0.4) is 0 Å². The molecule has 17 heavy (non-hydrogen) atoms. The maximum atomic E-state index is 8.88. The summed E-state index contributed by atoms with van der Waals surface area (Å²) < 4.78 is 16.1. The van der Waals surface area contributed by atoms with Crippen LogP contribution in [0.5, 0.6) is 11.5 Å². The Labute approximate surface area is 101 Å². The van der Waals surface area contributed by atoms with Crippen LogP contribution in [0.1, 0.15) is 12.0 Å². The summed E-state index contributed by atoms with van der Waals surface area (Å²) in [5.74, 6) is 1.77. The second-order valence-corrected chi connectivity index (χ2v) is 4.05. The predicted molar refractivity (Wildman–Crippen MR) is 62.1 cm³/mol. The van der Waals surface area contributed by atoms with Crippen LogP contribution >= 0.6 is 0 Å². The summed E-state index contributed by atoms with van der Waals surface area (Å²) >= 11 is 0. The fourth-order valence-electron chi connectivity index (χ4n) is 1.77. The van der Waals surface area contributed by atoms with E-state index in [4.69, 9.17) is 19.5 Å². The van der Waals surface area contributed by atoms with E-state index in [0.29, 0.717) is 29.6 Å². The van der Waals surface area contributed by atoms with Gasteiger partial charge in [-0.05, 0) is 18.6 Å². The van der Waals surface area contributed by atoms with Crippen molar-refractivity contribution in [1.82, 2.24) is 0 Å². The molecule has 0 aliphatic carbocycles. The third kappa shape index (κ3) is 3.11. The predicted octanol–water partition coefficient (Wildman–Crippen LogP) is 1.98. The molecule has 1 aromatic carbocycles. The molecule has 0 radical (unpaired) electrons. The highest BCUT2D eigenvalue weighted by Gasteiger charge is 2.16. The number of nitriles is 1. The normalized spacial score (nSPS) is 18.7. The van der Waals surface area contributed by atoms with E-state index in [0.717, 1.165) is 19.6 Å². The summed E-state index contributed by atoms with van der Waals surface area (Å²) in [5, 5.41) is 8.88. The Bertz CT molecular complexity index is 419. The monoisotopic (exact) mass is 233 g/mol. The number of ether oxygens (including phenoxy) is 3. The van der Waals surface area contributed by atoms with Gasteiger partial charge in [0.2, 0.25) is 0 Å². The minimum Gasteiger partial charge on any atom is -0.497 e. The molecule has 0 saturated carbocycles. The van der Waals surface area contributed by atoms with Gasteiger partial charge in [-0.3, -0.25) is 0 Å². The van der Waals surface area contributed by atoms with E-state index in [1.807, 2.05) is 0 Å². The summed E-state index contributed by atoms with van der Waals surface area (Å²) in [7, 11) is 1.57. The number of benzene rings is 1. The Morgan fingerprint density at radius 2 is 2.24 bits per heavy atom. The van der Waals surface area contributed by atoms with Crippen molar-refractivity contribution in [3.63, 3.8) is 0 Å². The molecular weight excluding hydrogens is 218 g/mol. The van der Waals surface area contributed by atoms with Gasteiger partial charge in [-0.1, -0.05) is 0 Å². The molecular formula is C13H15NO3. The zero-order valence-corrected chi connectivity index (χ0v) is 9.81. The minimum absolute atomic E-state index is 0.451. The first-order valence-electron chi connectivity index (χ1n) is 5.61. The van der Waals surface area contributed by atoms with E-state index >= 15 is 0 Å². The molecule has 2 rings (SSSR count). The van der Waals surface area contributed by atoms with Crippen molar-refractivity contribution in [2.45, 2.75) is 6.42 Å². The van der Waals surface area contributed by atoms with Crippen LogP contribution < -0.4 is 9.47 Å². The van der Waals surface area contributed by atoms with Gasteiger partial charge in [-0.15, -0.1) is 0 Å². The molecule has 1 saturated heterocycles. The molecule has 90 valence electrons. The summed E-state index contributed by atoms with van der Waals surface area (Å²) in [6, 6.07) is 7.28. The zero-order valence-electron chi connectivity index (χ0n) is 9.81. The molecule has 1 fully saturated rings. The van der Waals surface area contributed by atoms with Gasteiger partial charge >= 0.3 is 0 Å². The third-order valence-electron chi connectivity index (χ3n) is 2.75. The van der Waals surface area contributed by atoms with Crippen LogP contribution in [0.4, 0.5) is 0 Å². The van der Waals surface area contributed by atoms with E-state index in [2.05, 4.69) is 6.07 Å². The Kier molecular flexibility index (Phi) is 3.84. The van der Waals surface area contributed by atoms with Crippen LogP contribution in [0.2, 0.25) is 0 Å². The Morgan fingerprint density at radius 3 is 2.88 bits per heavy atom. The largest absolute Gasteiger partial charge is 0.497 e. The van der Waals surface area contributed by atoms with Crippen LogP contribution in [0, 0.1) is 17.2 Å². The number of hydrogen-bond donors (Lipinski definition) is 0. The highest BCUT2D eigenvalue weighted by molar-refractivity contribution is 5.43. The van der Waals surface area contributed by atoms with Crippen molar-refractivity contribution in [3.8, 4) is 17.6 Å². The summed E-state index contributed by atoms with van der Waals surface area (Å²) in [4.78, 5) is 0. The van der Waals surface area contributed by atoms with Gasteiger partial charge in [0.05, 0.1) is 32.0 Å². The molecule has 4 nitrogen and oxygen atoms in total. The molecule has 1 heterocycles. The van der Waals surface area contributed by atoms with E-state index in [9.17, 15) is 0 Å². The number of nitrogens with zero attached hydrogens (tertiary/aromatic N) is 1. The van der Waals surface area contributed by atoms with Gasteiger partial charge in [0.25, 0.3) is 0 Å². The minimum atomic E-state index is 0.451. The molecule has 0 N–H and O–H groups in total. The topological polar surface area (TPSA) is 51.5 Å². The van der Waals surface area contributed by atoms with Crippen molar-refractivity contribution >= 4 is 0 Å². The number of hydrogen-bond acceptors (Lipinski definition) is 4. The molecule has 1 unspecified atom stereocenters. The summed E-state index contributed by atoms with van der Waals surface area (Å²) in [6.07, 6.45) is 1.04. The Hall–Kier alpha value is -1.73. The molecule has 1 aliphatic heterocycles. The van der Waals surface area contributed by atoms with E-state index in [1.165, 1.54) is 0 Å². The van der Waals surface area contributed by atoms with E-state index < -0.39 is 0 Å². The molecule has 4 heteroatoms. The van der Waals surface area contributed by atoms with E-state index in [-0.39, 0.29) is 0 Å². The van der Waals surface area contributed by atoms with Gasteiger partial charge in [-0.2, -0.15) is 5.26 Å². The second kappa shape index (κ2) is 5.55. The Balaban J connectivity index is 2.01. The molecule has 1 aliphatic rings. The number of rotatable bonds is 4. The molecule has 0 amide bonds. The summed E-state index contributed by atoms with van der Waals surface area (Å²) in [5.41, 5.74) is 0.544. The Morgan fingerprint density at radius 1 is 1.41 bits per heavy atom. The standard InChI is InChI=1S/C13H15NO3/c1-15-12-4-11(7-14)5-13(6-12)17-9-10-2-3-16-8-10/h4-6,10H,2-3,8-9H2,1H3. The fourth-order valence-corrected chi connectivity index (χ4v) is 1.77. The molecule has 0 aromatic heterocycles. The fraction of sp³-hybridized carbons (Fsp3) is 0.462. The lowest BCUT2D eigenvalue weighted by Gasteiger charge is -2.11. The maximum absolute atomic E-state index is 8.88. The maximum Gasteiger partial charge on any atom is 0.124 e. The van der Waals surface area contributed by atoms with Gasteiger partial charge in [0.15, 0.2) is 0 Å². The second-order valence-electron chi connectivity index (χ2n) is 4.05. The lowest BCUT2D eigenvalue weighted by molar-refractivity contribution is 0.167. The van der Waals surface area contributed by atoms with Crippen LogP contribution in [-0.2, 0) is 4.74 Å². The molecule has 1 aromatic rings. The van der Waals surface area contributed by atoms with Gasteiger partial charge < -0.3 is 14.2 Å². The molecule has 0 spiro atoms. The average Bonchev–Trinajstić information content (AvgIpc) is 2.89. The lowest BCUT2D eigenvalue weighted by atomic mass is 10.1. The van der Waals surface area contributed by atoms with Gasteiger partial charge in [-0.25, -0.2) is 0 Å². The quantitative estimate of drug-likeness (QED) is 0.798. The van der Waals surface area contributed by atoms with Gasteiger partial charge in [0.1, 0.15) is 11.5 Å². The first-order valence-corrected chi connectivity index (χ1v) is 5.61. The van der Waals surface area contributed by atoms with Crippen LogP contribution in [0.25, 0.3) is 0 Å². The average molecular weight is 233 g/mol. The highest BCUT2D eigenvalue weighted by atomic mass is 16.5. The first-order chi connectivity index (χ1) is 8.31. The van der Waals surface area contributed by atoms with Crippen molar-refractivity contribution in [3.05, 3.63) is 23.8 Å².